The predicted octanol–water partition coefficient (Wildman–Crippen LogP) is 6.75. The molecule has 2 aromatic rings. The largest absolute Gasteiger partial charge is 0.491 e. The number of ether oxygens (including phenoxy) is 4. The molecule has 1 amide bonds. The van der Waals surface area contributed by atoms with E-state index in [4.69, 9.17) is 23.4 Å². The number of anilines is 1. The Morgan fingerprint density at radius 1 is 1.15 bits per heavy atom. The molecule has 0 aliphatic carbocycles. The van der Waals surface area contributed by atoms with E-state index in [9.17, 15) is 14.0 Å². The van der Waals surface area contributed by atoms with Gasteiger partial charge in [0.2, 0.25) is 0 Å². The lowest BCUT2D eigenvalue weighted by Gasteiger charge is -2.37. The molecule has 1 heterocycles. The van der Waals surface area contributed by atoms with Gasteiger partial charge < -0.3 is 33.6 Å². The Morgan fingerprint density at radius 2 is 1.85 bits per heavy atom. The summed E-state index contributed by atoms with van der Waals surface area (Å²) in [6, 6.07) is 4.46. The number of thiazole rings is 1. The molecule has 1 atom stereocenters. The third-order valence-corrected chi connectivity index (χ3v) is 12.9. The molecule has 1 unspecified atom stereocenters. The highest BCUT2D eigenvalue weighted by atomic mass is 32.1. The number of benzene rings is 1. The number of halogens is 1. The minimum Gasteiger partial charge on any atom is -0.491 e. The van der Waals surface area contributed by atoms with E-state index >= 15 is 0 Å². The lowest BCUT2D eigenvalue weighted by Crippen LogP contribution is -2.43. The average molecular weight is 680 g/mol. The molecule has 0 aliphatic heterocycles. The van der Waals surface area contributed by atoms with E-state index < -0.39 is 31.8 Å². The normalized spacial score (nSPS) is 12.5. The standard InChI is InChI=1S/C33H50FN3O7SSi/c1-32(2,3)44-31(39)37(7)18-12-14-23-16-17-26(25(34)20-23)42-19-13-15-27-28(29(38)41-9)36-30(45-27)35-21-24(40-8)22-43-46(10,11)33(4,5)6/h16-17,20,24H,13,15,18-19,21-22H2,1-11H3,(H,35,36). The van der Waals surface area contributed by atoms with E-state index in [0.717, 1.165) is 4.88 Å². The van der Waals surface area contributed by atoms with Crippen LogP contribution in [-0.4, -0.2) is 89.5 Å². The monoisotopic (exact) mass is 679 g/mol. The van der Waals surface area contributed by atoms with Gasteiger partial charge in [-0.25, -0.2) is 19.0 Å². The zero-order valence-corrected chi connectivity index (χ0v) is 30.9. The lowest BCUT2D eigenvalue weighted by atomic mass is 10.2. The number of hydrogen-bond donors (Lipinski definition) is 1. The van der Waals surface area contributed by atoms with Crippen LogP contribution in [0.2, 0.25) is 18.1 Å². The highest BCUT2D eigenvalue weighted by Gasteiger charge is 2.37. The van der Waals surface area contributed by atoms with Crippen LogP contribution in [0, 0.1) is 17.7 Å². The molecule has 0 saturated carbocycles. The quantitative estimate of drug-likeness (QED) is 0.100. The maximum absolute atomic E-state index is 14.7. The maximum Gasteiger partial charge on any atom is 0.410 e. The van der Waals surface area contributed by atoms with E-state index in [1.54, 1.807) is 41.0 Å². The summed E-state index contributed by atoms with van der Waals surface area (Å²) in [5.41, 5.74) is 0.0989. The van der Waals surface area contributed by atoms with Gasteiger partial charge in [-0.2, -0.15) is 0 Å². The molecule has 46 heavy (non-hydrogen) atoms. The molecule has 256 valence electrons. The van der Waals surface area contributed by atoms with Gasteiger partial charge in [-0.15, -0.1) is 11.3 Å². The van der Waals surface area contributed by atoms with Crippen molar-refractivity contribution in [2.75, 3.05) is 52.9 Å². The second kappa shape index (κ2) is 17.1. The van der Waals surface area contributed by atoms with Crippen LogP contribution in [0.1, 0.15) is 68.9 Å². The van der Waals surface area contributed by atoms with Crippen molar-refractivity contribution in [2.24, 2.45) is 0 Å². The first-order valence-electron chi connectivity index (χ1n) is 15.2. The van der Waals surface area contributed by atoms with Gasteiger partial charge in [-0.1, -0.05) is 32.6 Å². The molecule has 0 radical (unpaired) electrons. The SMILES string of the molecule is COC(=O)c1nc(NCC(CO[Si](C)(C)C(C)(C)C)OC)sc1CCCOc1ccc(C#CCN(C)C(=O)OC(C)(C)C)cc1F. The number of carbonyl (C=O) groups is 2. The van der Waals surface area contributed by atoms with Gasteiger partial charge in [0.1, 0.15) is 5.60 Å². The molecule has 0 fully saturated rings. The van der Waals surface area contributed by atoms with E-state index in [0.29, 0.717) is 36.7 Å². The number of nitrogens with one attached hydrogen (secondary N) is 1. The second-order valence-corrected chi connectivity index (χ2v) is 19.2. The van der Waals surface area contributed by atoms with Crippen LogP contribution < -0.4 is 10.1 Å². The molecule has 0 spiro atoms. The number of carbonyl (C=O) groups excluding carboxylic acids is 2. The number of rotatable bonds is 14. The molecular weight excluding hydrogens is 630 g/mol. The summed E-state index contributed by atoms with van der Waals surface area (Å²) in [7, 11) is 2.62. The fourth-order valence-electron chi connectivity index (χ4n) is 3.56. The van der Waals surface area contributed by atoms with E-state index in [2.05, 4.69) is 56.0 Å². The van der Waals surface area contributed by atoms with Crippen molar-refractivity contribution >= 4 is 36.8 Å². The Balaban J connectivity index is 1.93. The number of nitrogens with zero attached hydrogens (tertiary/aromatic N) is 2. The number of methoxy groups -OCH3 is 2. The van der Waals surface area contributed by atoms with E-state index in [1.165, 1.54) is 35.5 Å². The molecular formula is C33H50FN3O7SSi. The van der Waals surface area contributed by atoms with Gasteiger partial charge in [0, 0.05) is 31.1 Å². The zero-order valence-electron chi connectivity index (χ0n) is 29.1. The number of aromatic nitrogens is 1. The summed E-state index contributed by atoms with van der Waals surface area (Å²) in [5.74, 6) is 4.73. The van der Waals surface area contributed by atoms with Gasteiger partial charge in [0.15, 0.2) is 30.7 Å². The highest BCUT2D eigenvalue weighted by Crippen LogP contribution is 2.36. The Kier molecular flexibility index (Phi) is 14.5. The van der Waals surface area contributed by atoms with Crippen LogP contribution >= 0.6 is 11.3 Å². The molecule has 0 aliphatic rings. The Bertz CT molecular complexity index is 1380. The second-order valence-electron chi connectivity index (χ2n) is 13.3. The van der Waals surface area contributed by atoms with Crippen LogP contribution in [0.5, 0.6) is 5.75 Å². The molecule has 1 aromatic heterocycles. The Hall–Kier alpha value is -3.18. The summed E-state index contributed by atoms with van der Waals surface area (Å²) >= 11 is 1.36. The maximum atomic E-state index is 14.7. The third-order valence-electron chi connectivity index (χ3n) is 7.32. The lowest BCUT2D eigenvalue weighted by molar-refractivity contribution is 0.0320. The van der Waals surface area contributed by atoms with Crippen LogP contribution in [0.4, 0.5) is 14.3 Å². The summed E-state index contributed by atoms with van der Waals surface area (Å²) < 4.78 is 42.5. The average Bonchev–Trinajstić information content (AvgIpc) is 3.37. The smallest absolute Gasteiger partial charge is 0.410 e. The fourth-order valence-corrected chi connectivity index (χ4v) is 5.59. The number of esters is 1. The molecule has 0 saturated heterocycles. The van der Waals surface area contributed by atoms with E-state index in [1.807, 2.05) is 0 Å². The Morgan fingerprint density at radius 3 is 2.43 bits per heavy atom. The summed E-state index contributed by atoms with van der Waals surface area (Å²) in [6.45, 7) is 17.6. The van der Waals surface area contributed by atoms with Crippen molar-refractivity contribution in [3.63, 3.8) is 0 Å². The minimum atomic E-state index is -1.92. The first-order valence-corrected chi connectivity index (χ1v) is 18.9. The van der Waals surface area contributed by atoms with Crippen molar-refractivity contribution in [3.8, 4) is 17.6 Å². The number of aryl methyl sites for hydroxylation is 1. The van der Waals surface area contributed by atoms with Crippen LogP contribution in [0.15, 0.2) is 18.2 Å². The van der Waals surface area contributed by atoms with Crippen molar-refractivity contribution < 1.29 is 37.4 Å². The number of hydrogen-bond acceptors (Lipinski definition) is 10. The predicted molar refractivity (Wildman–Crippen MR) is 182 cm³/mol. The van der Waals surface area contributed by atoms with Crippen molar-refractivity contribution in [3.05, 3.63) is 40.2 Å². The molecule has 0 bridgehead atoms. The van der Waals surface area contributed by atoms with Crippen molar-refractivity contribution in [2.45, 2.75) is 84.2 Å². The van der Waals surface area contributed by atoms with Crippen LogP contribution in [0.25, 0.3) is 0 Å². The van der Waals surface area contributed by atoms with Gasteiger partial charge >= 0.3 is 12.1 Å². The fraction of sp³-hybridized carbons (Fsp3) is 0.606. The first kappa shape index (κ1) is 39.0. The molecule has 2 rings (SSSR count). The number of amides is 1. The van der Waals surface area contributed by atoms with Crippen LogP contribution in [-0.2, 0) is 25.1 Å². The summed E-state index contributed by atoms with van der Waals surface area (Å²) in [6.07, 6.45) is 0.332. The summed E-state index contributed by atoms with van der Waals surface area (Å²) in [5, 5.41) is 3.93. The van der Waals surface area contributed by atoms with Gasteiger partial charge in [-0.3, -0.25) is 0 Å². The van der Waals surface area contributed by atoms with E-state index in [-0.39, 0.29) is 35.7 Å². The third kappa shape index (κ3) is 12.5. The van der Waals surface area contributed by atoms with Crippen LogP contribution in [0.3, 0.4) is 0 Å². The first-order chi connectivity index (χ1) is 21.4. The minimum absolute atomic E-state index is 0.0923. The highest BCUT2D eigenvalue weighted by molar-refractivity contribution is 7.15. The van der Waals surface area contributed by atoms with Gasteiger partial charge in [0.25, 0.3) is 0 Å². The van der Waals surface area contributed by atoms with Gasteiger partial charge in [0.05, 0.1) is 33.0 Å². The zero-order chi connectivity index (χ0) is 34.7. The molecule has 13 heteroatoms. The van der Waals surface area contributed by atoms with Crippen molar-refractivity contribution in [1.29, 1.82) is 0 Å². The molecule has 1 N–H and O–H groups in total. The Labute approximate surface area is 278 Å². The summed E-state index contributed by atoms with van der Waals surface area (Å²) in [4.78, 5) is 31.0. The molecule has 1 aromatic carbocycles. The van der Waals surface area contributed by atoms with Gasteiger partial charge in [-0.05, 0) is 69.9 Å². The molecule has 10 nitrogen and oxygen atoms in total. The van der Waals surface area contributed by atoms with Crippen molar-refractivity contribution in [1.82, 2.24) is 9.88 Å². The topological polar surface area (TPSA) is 108 Å².